The van der Waals surface area contributed by atoms with Crippen LogP contribution >= 0.6 is 11.8 Å². The minimum absolute atomic E-state index is 0.0150. The lowest BCUT2D eigenvalue weighted by atomic mass is 10.1. The molecule has 0 spiro atoms. The molecule has 0 fully saturated rings. The van der Waals surface area contributed by atoms with Gasteiger partial charge in [0.2, 0.25) is 5.91 Å². The number of benzene rings is 2. The summed E-state index contributed by atoms with van der Waals surface area (Å²) in [5, 5.41) is 2.92. The van der Waals surface area contributed by atoms with E-state index in [1.807, 2.05) is 86.6 Å². The number of hydrogen-bond acceptors (Lipinski definition) is 4. The lowest BCUT2D eigenvalue weighted by Crippen LogP contribution is -2.33. The molecular weight excluding hydrogens is 368 g/mol. The Balaban J connectivity index is 1.56. The molecule has 2 aromatic carbocycles. The van der Waals surface area contributed by atoms with Crippen LogP contribution in [0.25, 0.3) is 0 Å². The van der Waals surface area contributed by atoms with Crippen LogP contribution in [-0.2, 0) is 11.4 Å². The standard InChI is InChI=1S/C23H24N2O2S/c1-17(25-23(26)18(2)28-22-12-4-3-5-13-22)19-9-8-11-21(15-19)27-16-20-10-6-7-14-24-20/h3-15,17-18H,16H2,1-2H3,(H,25,26). The van der Waals surface area contributed by atoms with Gasteiger partial charge in [0.25, 0.3) is 0 Å². The molecule has 2 unspecified atom stereocenters. The van der Waals surface area contributed by atoms with E-state index in [-0.39, 0.29) is 17.2 Å². The summed E-state index contributed by atoms with van der Waals surface area (Å²) in [4.78, 5) is 17.9. The van der Waals surface area contributed by atoms with Crippen molar-refractivity contribution in [3.05, 3.63) is 90.3 Å². The van der Waals surface area contributed by atoms with Crippen molar-refractivity contribution in [3.8, 4) is 5.75 Å². The van der Waals surface area contributed by atoms with Gasteiger partial charge in [0, 0.05) is 11.1 Å². The molecule has 4 nitrogen and oxygen atoms in total. The number of rotatable bonds is 8. The van der Waals surface area contributed by atoms with Crippen LogP contribution in [0.3, 0.4) is 0 Å². The van der Waals surface area contributed by atoms with Crippen LogP contribution < -0.4 is 10.1 Å². The number of hydrogen-bond donors (Lipinski definition) is 1. The number of aromatic nitrogens is 1. The molecular formula is C23H24N2O2S. The molecule has 144 valence electrons. The van der Waals surface area contributed by atoms with Crippen LogP contribution in [0.5, 0.6) is 5.75 Å². The predicted octanol–water partition coefficient (Wildman–Crippen LogP) is 5.02. The molecule has 1 heterocycles. The number of amides is 1. The highest BCUT2D eigenvalue weighted by atomic mass is 32.2. The molecule has 0 bridgehead atoms. The van der Waals surface area contributed by atoms with E-state index in [1.54, 1.807) is 18.0 Å². The van der Waals surface area contributed by atoms with E-state index >= 15 is 0 Å². The monoisotopic (exact) mass is 392 g/mol. The maximum absolute atomic E-state index is 12.6. The molecule has 1 amide bonds. The molecule has 1 N–H and O–H groups in total. The van der Waals surface area contributed by atoms with Gasteiger partial charge in [0.15, 0.2) is 0 Å². The van der Waals surface area contributed by atoms with E-state index in [0.29, 0.717) is 6.61 Å². The van der Waals surface area contributed by atoms with E-state index in [0.717, 1.165) is 21.9 Å². The molecule has 0 aliphatic carbocycles. The Morgan fingerprint density at radius 1 is 1.04 bits per heavy atom. The van der Waals surface area contributed by atoms with Crippen molar-refractivity contribution in [1.29, 1.82) is 0 Å². The largest absolute Gasteiger partial charge is 0.487 e. The minimum atomic E-state index is -0.173. The number of nitrogens with one attached hydrogen (secondary N) is 1. The second-order valence-electron chi connectivity index (χ2n) is 6.49. The SMILES string of the molecule is CC(Sc1ccccc1)C(=O)NC(C)c1cccc(OCc2ccccn2)c1. The van der Waals surface area contributed by atoms with Gasteiger partial charge in [-0.1, -0.05) is 36.4 Å². The van der Waals surface area contributed by atoms with Gasteiger partial charge in [-0.2, -0.15) is 0 Å². The van der Waals surface area contributed by atoms with Gasteiger partial charge in [-0.15, -0.1) is 11.8 Å². The predicted molar refractivity (Wildman–Crippen MR) is 113 cm³/mol. The van der Waals surface area contributed by atoms with Gasteiger partial charge < -0.3 is 10.1 Å². The zero-order valence-corrected chi connectivity index (χ0v) is 16.9. The summed E-state index contributed by atoms with van der Waals surface area (Å²) in [5.41, 5.74) is 1.88. The van der Waals surface area contributed by atoms with Crippen LogP contribution in [0.15, 0.2) is 83.9 Å². The molecule has 0 radical (unpaired) electrons. The van der Waals surface area contributed by atoms with Crippen molar-refractivity contribution in [2.45, 2.75) is 36.6 Å². The van der Waals surface area contributed by atoms with Crippen molar-refractivity contribution in [2.75, 3.05) is 0 Å². The van der Waals surface area contributed by atoms with E-state index < -0.39 is 0 Å². The second-order valence-corrected chi connectivity index (χ2v) is 7.90. The average molecular weight is 393 g/mol. The van der Waals surface area contributed by atoms with Crippen LogP contribution in [-0.4, -0.2) is 16.1 Å². The number of ether oxygens (including phenoxy) is 1. The molecule has 3 aromatic rings. The molecule has 5 heteroatoms. The molecule has 0 saturated carbocycles. The zero-order valence-electron chi connectivity index (χ0n) is 16.0. The molecule has 0 aliphatic heterocycles. The Kier molecular flexibility index (Phi) is 7.09. The number of nitrogens with zero attached hydrogens (tertiary/aromatic N) is 1. The highest BCUT2D eigenvalue weighted by Gasteiger charge is 2.17. The lowest BCUT2D eigenvalue weighted by Gasteiger charge is -2.18. The molecule has 0 saturated heterocycles. The van der Waals surface area contributed by atoms with E-state index in [1.165, 1.54) is 0 Å². The van der Waals surface area contributed by atoms with Crippen LogP contribution in [0.2, 0.25) is 0 Å². The van der Waals surface area contributed by atoms with E-state index in [4.69, 9.17) is 4.74 Å². The second kappa shape index (κ2) is 9.95. The molecule has 3 rings (SSSR count). The van der Waals surface area contributed by atoms with Gasteiger partial charge in [-0.3, -0.25) is 9.78 Å². The fourth-order valence-corrected chi connectivity index (χ4v) is 3.58. The van der Waals surface area contributed by atoms with Crippen LogP contribution in [0.4, 0.5) is 0 Å². The first-order chi connectivity index (χ1) is 13.6. The topological polar surface area (TPSA) is 51.2 Å². The first-order valence-corrected chi connectivity index (χ1v) is 10.1. The van der Waals surface area contributed by atoms with Crippen molar-refractivity contribution >= 4 is 17.7 Å². The maximum Gasteiger partial charge on any atom is 0.233 e. The summed E-state index contributed by atoms with van der Waals surface area (Å²) in [5.74, 6) is 0.775. The van der Waals surface area contributed by atoms with Gasteiger partial charge in [-0.05, 0) is 55.8 Å². The first-order valence-electron chi connectivity index (χ1n) is 9.26. The van der Waals surface area contributed by atoms with Gasteiger partial charge in [0.05, 0.1) is 17.0 Å². The van der Waals surface area contributed by atoms with Gasteiger partial charge >= 0.3 is 0 Å². The fourth-order valence-electron chi connectivity index (χ4n) is 2.69. The number of thioether (sulfide) groups is 1. The molecule has 0 aliphatic rings. The maximum atomic E-state index is 12.6. The minimum Gasteiger partial charge on any atom is -0.487 e. The summed E-state index contributed by atoms with van der Waals surface area (Å²) in [6.07, 6.45) is 1.75. The van der Waals surface area contributed by atoms with Gasteiger partial charge in [-0.25, -0.2) is 0 Å². The zero-order chi connectivity index (χ0) is 19.8. The Labute approximate surface area is 170 Å². The Bertz CT molecular complexity index is 887. The number of carbonyl (C=O) groups excluding carboxylic acids is 1. The Hall–Kier alpha value is -2.79. The van der Waals surface area contributed by atoms with Crippen LogP contribution in [0, 0.1) is 0 Å². The third-order valence-electron chi connectivity index (χ3n) is 4.26. The Morgan fingerprint density at radius 2 is 1.82 bits per heavy atom. The average Bonchev–Trinajstić information content (AvgIpc) is 2.74. The summed E-state index contributed by atoms with van der Waals surface area (Å²) in [6, 6.07) is 23.4. The summed E-state index contributed by atoms with van der Waals surface area (Å²) < 4.78 is 5.83. The highest BCUT2D eigenvalue weighted by molar-refractivity contribution is 8.00. The van der Waals surface area contributed by atoms with E-state index in [2.05, 4.69) is 10.3 Å². The molecule has 1 aromatic heterocycles. The van der Waals surface area contributed by atoms with Crippen molar-refractivity contribution in [1.82, 2.24) is 10.3 Å². The summed E-state index contributed by atoms with van der Waals surface area (Å²) in [6.45, 7) is 4.32. The normalized spacial score (nSPS) is 12.8. The number of pyridine rings is 1. The van der Waals surface area contributed by atoms with Crippen molar-refractivity contribution in [2.24, 2.45) is 0 Å². The van der Waals surface area contributed by atoms with E-state index in [9.17, 15) is 4.79 Å². The summed E-state index contributed by atoms with van der Waals surface area (Å²) >= 11 is 1.55. The quantitative estimate of drug-likeness (QED) is 0.547. The highest BCUT2D eigenvalue weighted by Crippen LogP contribution is 2.24. The fraction of sp³-hybridized carbons (Fsp3) is 0.217. The van der Waals surface area contributed by atoms with Crippen LogP contribution in [0.1, 0.15) is 31.1 Å². The Morgan fingerprint density at radius 3 is 2.57 bits per heavy atom. The summed E-state index contributed by atoms with van der Waals surface area (Å²) in [7, 11) is 0. The third-order valence-corrected chi connectivity index (χ3v) is 5.37. The van der Waals surface area contributed by atoms with Crippen molar-refractivity contribution in [3.63, 3.8) is 0 Å². The molecule has 28 heavy (non-hydrogen) atoms. The third kappa shape index (κ3) is 5.86. The lowest BCUT2D eigenvalue weighted by molar-refractivity contribution is -0.120. The van der Waals surface area contributed by atoms with Gasteiger partial charge in [0.1, 0.15) is 12.4 Å². The van der Waals surface area contributed by atoms with Crippen molar-refractivity contribution < 1.29 is 9.53 Å². The smallest absolute Gasteiger partial charge is 0.233 e. The molecule has 2 atom stereocenters. The first kappa shape index (κ1) is 20.0. The number of carbonyl (C=O) groups is 1.